The molecule has 0 fully saturated rings. The Labute approximate surface area is 92.6 Å². The first kappa shape index (κ1) is 10.4. The molecule has 0 saturated carbocycles. The second-order valence-corrected chi connectivity index (χ2v) is 5.66. The molecule has 0 aliphatic rings. The lowest BCUT2D eigenvalue weighted by molar-refractivity contribution is 0.602. The zero-order valence-electron chi connectivity index (χ0n) is 7.94. The van der Waals surface area contributed by atoms with Crippen LogP contribution < -0.4 is 0 Å². The lowest BCUT2D eigenvalue weighted by Gasteiger charge is -2.03. The third kappa shape index (κ3) is 1.96. The van der Waals surface area contributed by atoms with E-state index in [4.69, 9.17) is 11.6 Å². The van der Waals surface area contributed by atoms with Crippen molar-refractivity contribution in [2.24, 2.45) is 0 Å². The second-order valence-electron chi connectivity index (χ2n) is 3.24. The van der Waals surface area contributed by atoms with Crippen molar-refractivity contribution < 1.29 is 8.42 Å². The highest BCUT2D eigenvalue weighted by Crippen LogP contribution is 2.24. The van der Waals surface area contributed by atoms with Gasteiger partial charge in [0.05, 0.1) is 10.4 Å². The molecule has 0 atom stereocenters. The van der Waals surface area contributed by atoms with Crippen LogP contribution in [0.3, 0.4) is 0 Å². The zero-order chi connectivity index (χ0) is 11.1. The Kier molecular flexibility index (Phi) is 2.40. The summed E-state index contributed by atoms with van der Waals surface area (Å²) in [5, 5.41) is 1.06. The first-order chi connectivity index (χ1) is 6.98. The maximum Gasteiger partial charge on any atom is 0.176 e. The molecule has 1 aromatic heterocycles. The van der Waals surface area contributed by atoms with Crippen LogP contribution in [0, 0.1) is 0 Å². The fourth-order valence-electron chi connectivity index (χ4n) is 1.42. The summed E-state index contributed by atoms with van der Waals surface area (Å²) in [5.41, 5.74) is 0.627. The summed E-state index contributed by atoms with van der Waals surface area (Å²) in [6, 6.07) is 6.48. The Hall–Kier alpha value is -1.13. The molecule has 0 saturated heterocycles. The molecule has 78 valence electrons. The molecule has 1 heterocycles. The Bertz CT molecular complexity index is 622. The van der Waals surface area contributed by atoms with Gasteiger partial charge in [-0.2, -0.15) is 0 Å². The van der Waals surface area contributed by atoms with Gasteiger partial charge in [0.15, 0.2) is 9.84 Å². The quantitative estimate of drug-likeness (QED) is 0.770. The fraction of sp³-hybridized carbons (Fsp3) is 0.100. The summed E-state index contributed by atoms with van der Waals surface area (Å²) >= 11 is 5.82. The van der Waals surface area contributed by atoms with Gasteiger partial charge in [0.2, 0.25) is 0 Å². The average molecular weight is 242 g/mol. The van der Waals surface area contributed by atoms with Gasteiger partial charge in [-0.1, -0.05) is 11.6 Å². The van der Waals surface area contributed by atoms with Gasteiger partial charge in [-0.05, 0) is 24.3 Å². The summed E-state index contributed by atoms with van der Waals surface area (Å²) < 4.78 is 23.0. The number of fused-ring (bicyclic) bond motifs is 1. The predicted molar refractivity (Wildman–Crippen MR) is 59.9 cm³/mol. The molecule has 0 aliphatic heterocycles. The monoisotopic (exact) mass is 241 g/mol. The van der Waals surface area contributed by atoms with Crippen LogP contribution in [0.2, 0.25) is 5.02 Å². The van der Waals surface area contributed by atoms with E-state index < -0.39 is 9.84 Å². The van der Waals surface area contributed by atoms with Crippen LogP contribution in [-0.2, 0) is 9.84 Å². The minimum atomic E-state index is -3.24. The molecular weight excluding hydrogens is 234 g/mol. The molecule has 0 N–H and O–H groups in total. The molecule has 0 aliphatic carbocycles. The van der Waals surface area contributed by atoms with Crippen LogP contribution in [0.15, 0.2) is 35.4 Å². The first-order valence-corrected chi connectivity index (χ1v) is 6.50. The predicted octanol–water partition coefficient (Wildman–Crippen LogP) is 2.29. The largest absolute Gasteiger partial charge is 0.256 e. The molecule has 15 heavy (non-hydrogen) atoms. The third-order valence-electron chi connectivity index (χ3n) is 2.06. The second kappa shape index (κ2) is 3.47. The normalized spacial score (nSPS) is 11.9. The van der Waals surface area contributed by atoms with Gasteiger partial charge in [-0.25, -0.2) is 8.42 Å². The van der Waals surface area contributed by atoms with E-state index in [0.717, 1.165) is 0 Å². The van der Waals surface area contributed by atoms with Crippen LogP contribution in [0.5, 0.6) is 0 Å². The van der Waals surface area contributed by atoms with E-state index >= 15 is 0 Å². The zero-order valence-corrected chi connectivity index (χ0v) is 9.51. The van der Waals surface area contributed by atoms with Crippen LogP contribution in [0.25, 0.3) is 10.9 Å². The van der Waals surface area contributed by atoms with E-state index in [0.29, 0.717) is 15.9 Å². The summed E-state index contributed by atoms with van der Waals surface area (Å²) in [4.78, 5) is 4.33. The summed E-state index contributed by atoms with van der Waals surface area (Å²) in [6.07, 6.45) is 2.65. The van der Waals surface area contributed by atoms with Crippen molar-refractivity contribution in [1.82, 2.24) is 4.98 Å². The number of halogens is 1. The van der Waals surface area contributed by atoms with E-state index in [1.807, 2.05) is 0 Å². The number of hydrogen-bond donors (Lipinski definition) is 0. The van der Waals surface area contributed by atoms with Crippen molar-refractivity contribution >= 4 is 32.3 Å². The van der Waals surface area contributed by atoms with Crippen LogP contribution in [0.4, 0.5) is 0 Å². The third-order valence-corrected chi connectivity index (χ3v) is 3.45. The molecule has 2 aromatic rings. The lowest BCUT2D eigenvalue weighted by atomic mass is 10.2. The highest BCUT2D eigenvalue weighted by Gasteiger charge is 2.11. The van der Waals surface area contributed by atoms with Crippen LogP contribution in [-0.4, -0.2) is 19.7 Å². The topological polar surface area (TPSA) is 47.0 Å². The minimum absolute atomic E-state index is 0.259. The van der Waals surface area contributed by atoms with Crippen molar-refractivity contribution in [3.8, 4) is 0 Å². The van der Waals surface area contributed by atoms with Gasteiger partial charge in [-0.15, -0.1) is 0 Å². The van der Waals surface area contributed by atoms with E-state index in [-0.39, 0.29) is 4.90 Å². The van der Waals surface area contributed by atoms with E-state index in [9.17, 15) is 8.42 Å². The van der Waals surface area contributed by atoms with Crippen LogP contribution >= 0.6 is 11.6 Å². The smallest absolute Gasteiger partial charge is 0.176 e. The number of benzene rings is 1. The SMILES string of the molecule is CS(=O)(=O)c1ccnc2ccc(Cl)cc12. The van der Waals surface area contributed by atoms with E-state index in [1.54, 1.807) is 18.2 Å². The number of rotatable bonds is 1. The molecule has 0 unspecified atom stereocenters. The van der Waals surface area contributed by atoms with Crippen molar-refractivity contribution in [3.05, 3.63) is 35.5 Å². The first-order valence-electron chi connectivity index (χ1n) is 4.23. The maximum atomic E-state index is 11.5. The molecule has 0 spiro atoms. The molecule has 5 heteroatoms. The average Bonchev–Trinajstić information content (AvgIpc) is 2.15. The highest BCUT2D eigenvalue weighted by molar-refractivity contribution is 7.91. The number of nitrogens with zero attached hydrogens (tertiary/aromatic N) is 1. The number of pyridine rings is 1. The van der Waals surface area contributed by atoms with Gasteiger partial charge >= 0.3 is 0 Å². The number of aromatic nitrogens is 1. The van der Waals surface area contributed by atoms with E-state index in [1.165, 1.54) is 18.5 Å². The number of hydrogen-bond acceptors (Lipinski definition) is 3. The maximum absolute atomic E-state index is 11.5. The Balaban J connectivity index is 2.92. The Morgan fingerprint density at radius 1 is 1.27 bits per heavy atom. The number of sulfone groups is 1. The van der Waals surface area contributed by atoms with Crippen molar-refractivity contribution in [2.45, 2.75) is 4.90 Å². The summed E-state index contributed by atoms with van der Waals surface area (Å²) in [5.74, 6) is 0. The lowest BCUT2D eigenvalue weighted by Crippen LogP contribution is -1.98. The molecule has 0 amide bonds. The minimum Gasteiger partial charge on any atom is -0.256 e. The summed E-state index contributed by atoms with van der Waals surface area (Å²) in [6.45, 7) is 0. The Morgan fingerprint density at radius 3 is 2.67 bits per heavy atom. The molecule has 2 rings (SSSR count). The van der Waals surface area contributed by atoms with E-state index in [2.05, 4.69) is 4.98 Å². The van der Waals surface area contributed by atoms with Gasteiger partial charge in [0.25, 0.3) is 0 Å². The van der Waals surface area contributed by atoms with Gasteiger partial charge in [0.1, 0.15) is 0 Å². The molecule has 3 nitrogen and oxygen atoms in total. The van der Waals surface area contributed by atoms with Gasteiger partial charge in [0, 0.05) is 22.9 Å². The van der Waals surface area contributed by atoms with Crippen molar-refractivity contribution in [2.75, 3.05) is 6.26 Å². The molecular formula is C10H8ClNO2S. The summed E-state index contributed by atoms with van der Waals surface area (Å²) in [7, 11) is -3.24. The molecule has 0 radical (unpaired) electrons. The van der Waals surface area contributed by atoms with Crippen molar-refractivity contribution in [1.29, 1.82) is 0 Å². The van der Waals surface area contributed by atoms with Gasteiger partial charge in [-0.3, -0.25) is 4.98 Å². The van der Waals surface area contributed by atoms with Crippen molar-refractivity contribution in [3.63, 3.8) is 0 Å². The molecule has 1 aromatic carbocycles. The van der Waals surface area contributed by atoms with Gasteiger partial charge < -0.3 is 0 Å². The standard InChI is InChI=1S/C10H8ClNO2S/c1-15(13,14)10-4-5-12-9-3-2-7(11)6-8(9)10/h2-6H,1H3. The fourth-order valence-corrected chi connectivity index (χ4v) is 2.46. The highest BCUT2D eigenvalue weighted by atomic mass is 35.5. The Morgan fingerprint density at radius 2 is 2.00 bits per heavy atom. The molecule has 0 bridgehead atoms. The van der Waals surface area contributed by atoms with Crippen LogP contribution in [0.1, 0.15) is 0 Å².